The fraction of sp³-hybridized carbons (Fsp3) is 0.517. The molecule has 0 N–H and O–H groups in total. The number of carbonyl (C=O) groups excluding carboxylic acids is 1. The number of hydrogen-bond acceptors (Lipinski definition) is 3. The summed E-state index contributed by atoms with van der Waals surface area (Å²) in [6, 6.07) is 14.1. The number of benzene rings is 2. The van der Waals surface area contributed by atoms with Crippen molar-refractivity contribution in [3.63, 3.8) is 0 Å². The highest BCUT2D eigenvalue weighted by Crippen LogP contribution is 2.43. The molecule has 0 amide bonds. The van der Waals surface area contributed by atoms with E-state index in [1.165, 1.54) is 43.7 Å². The van der Waals surface area contributed by atoms with Crippen molar-refractivity contribution in [1.29, 1.82) is 5.26 Å². The highest BCUT2D eigenvalue weighted by Gasteiger charge is 2.34. The van der Waals surface area contributed by atoms with Crippen LogP contribution in [-0.2, 0) is 4.79 Å². The number of hydrogen-bond donors (Lipinski definition) is 0. The number of halogens is 2. The van der Waals surface area contributed by atoms with Gasteiger partial charge in [-0.15, -0.1) is 0 Å². The smallest absolute Gasteiger partial charge is 0.314 e. The second-order valence-electron chi connectivity index (χ2n) is 10.2. The van der Waals surface area contributed by atoms with Crippen LogP contribution in [0.25, 0.3) is 0 Å². The fourth-order valence-corrected chi connectivity index (χ4v) is 6.05. The summed E-state index contributed by atoms with van der Waals surface area (Å²) in [5.74, 6) is -0.0760. The van der Waals surface area contributed by atoms with Gasteiger partial charge < -0.3 is 4.74 Å². The van der Waals surface area contributed by atoms with E-state index in [2.05, 4.69) is 37.3 Å². The molecule has 3 nitrogen and oxygen atoms in total. The largest absolute Gasteiger partial charge is 0.426 e. The summed E-state index contributed by atoms with van der Waals surface area (Å²) < 4.78 is 32.8. The van der Waals surface area contributed by atoms with E-state index in [9.17, 15) is 13.6 Å². The number of nitrogens with zero attached hydrogens (tertiary/aromatic N) is 1. The first kappa shape index (κ1) is 24.4. The van der Waals surface area contributed by atoms with Gasteiger partial charge in [-0.1, -0.05) is 50.1 Å². The van der Waals surface area contributed by atoms with Crippen molar-refractivity contribution in [2.75, 3.05) is 0 Å². The molecular formula is C29H33F2NO2. The molecule has 0 aliphatic heterocycles. The summed E-state index contributed by atoms with van der Waals surface area (Å²) in [7, 11) is 0. The number of nitriles is 1. The Kier molecular flexibility index (Phi) is 7.98. The lowest BCUT2D eigenvalue weighted by Gasteiger charge is -2.38. The zero-order valence-corrected chi connectivity index (χ0v) is 19.8. The third-order valence-corrected chi connectivity index (χ3v) is 8.06. The first-order valence-corrected chi connectivity index (χ1v) is 12.6. The monoisotopic (exact) mass is 465 g/mol. The second kappa shape index (κ2) is 11.1. The molecule has 180 valence electrons. The summed E-state index contributed by atoms with van der Waals surface area (Å²) in [5.41, 5.74) is 0.769. The molecule has 0 radical (unpaired) electrons. The average molecular weight is 466 g/mol. The minimum absolute atomic E-state index is 0.177. The van der Waals surface area contributed by atoms with E-state index in [1.54, 1.807) is 0 Å². The topological polar surface area (TPSA) is 50.1 Å². The lowest BCUT2D eigenvalue weighted by Crippen LogP contribution is -2.30. The van der Waals surface area contributed by atoms with Crippen LogP contribution in [0.4, 0.5) is 8.78 Å². The van der Waals surface area contributed by atoms with Gasteiger partial charge in [0.25, 0.3) is 0 Å². The summed E-state index contributed by atoms with van der Waals surface area (Å²) in [5, 5.41) is 8.77. The SMILES string of the molecule is C[C@H](CC1CCC(C2CCC(C(=O)Oc3cc(F)c(C#N)c(F)c3)CC2)CC1)c1ccccc1. The Labute approximate surface area is 201 Å². The van der Waals surface area contributed by atoms with Gasteiger partial charge in [-0.3, -0.25) is 4.79 Å². The molecule has 0 aromatic heterocycles. The van der Waals surface area contributed by atoms with Crippen molar-refractivity contribution in [2.24, 2.45) is 23.7 Å². The highest BCUT2D eigenvalue weighted by molar-refractivity contribution is 5.75. The van der Waals surface area contributed by atoms with Gasteiger partial charge in [-0.25, -0.2) is 8.78 Å². The highest BCUT2D eigenvalue weighted by atomic mass is 19.1. The molecule has 34 heavy (non-hydrogen) atoms. The summed E-state index contributed by atoms with van der Waals surface area (Å²) >= 11 is 0. The Morgan fingerprint density at radius 1 is 0.971 bits per heavy atom. The summed E-state index contributed by atoms with van der Waals surface area (Å²) in [4.78, 5) is 12.6. The molecule has 2 aromatic rings. The van der Waals surface area contributed by atoms with E-state index in [0.29, 0.717) is 11.8 Å². The summed E-state index contributed by atoms with van der Waals surface area (Å²) in [6.07, 6.45) is 9.92. The van der Waals surface area contributed by atoms with Crippen molar-refractivity contribution in [3.05, 3.63) is 65.2 Å². The molecule has 0 spiro atoms. The lowest BCUT2D eigenvalue weighted by atomic mass is 9.68. The lowest BCUT2D eigenvalue weighted by molar-refractivity contribution is -0.140. The number of rotatable bonds is 6. The van der Waals surface area contributed by atoms with Gasteiger partial charge in [0.2, 0.25) is 0 Å². The minimum Gasteiger partial charge on any atom is -0.426 e. The van der Waals surface area contributed by atoms with E-state index in [4.69, 9.17) is 10.00 Å². The van der Waals surface area contributed by atoms with Crippen LogP contribution >= 0.6 is 0 Å². The third-order valence-electron chi connectivity index (χ3n) is 8.06. The Balaban J connectivity index is 1.21. The Hall–Kier alpha value is -2.74. The van der Waals surface area contributed by atoms with Gasteiger partial charge in [-0.2, -0.15) is 5.26 Å². The standard InChI is InChI=1S/C29H33F2NO2/c1-19(21-5-3-2-4-6-21)15-20-7-9-22(10-8-20)23-11-13-24(14-12-23)29(33)34-25-16-27(30)26(18-32)28(31)17-25/h2-6,16-17,19-20,22-24H,7-15H2,1H3/t19-,20?,22?,23?,24?/m1/s1. The Bertz CT molecular complexity index is 993. The van der Waals surface area contributed by atoms with E-state index in [0.717, 1.165) is 49.7 Å². The van der Waals surface area contributed by atoms with Crippen LogP contribution in [0.3, 0.4) is 0 Å². The van der Waals surface area contributed by atoms with Crippen LogP contribution < -0.4 is 4.74 Å². The molecule has 0 unspecified atom stereocenters. The molecule has 2 aromatic carbocycles. The first-order chi connectivity index (χ1) is 16.4. The molecule has 0 heterocycles. The molecule has 2 saturated carbocycles. The number of ether oxygens (including phenoxy) is 1. The van der Waals surface area contributed by atoms with Crippen molar-refractivity contribution in [2.45, 2.75) is 70.6 Å². The van der Waals surface area contributed by atoms with E-state index < -0.39 is 23.2 Å². The van der Waals surface area contributed by atoms with Crippen LogP contribution in [0.5, 0.6) is 5.75 Å². The molecule has 2 aliphatic carbocycles. The van der Waals surface area contributed by atoms with Crippen LogP contribution in [0.15, 0.2) is 42.5 Å². The molecule has 5 heteroatoms. The Morgan fingerprint density at radius 2 is 1.53 bits per heavy atom. The maximum absolute atomic E-state index is 13.8. The maximum atomic E-state index is 13.8. The van der Waals surface area contributed by atoms with Crippen LogP contribution in [-0.4, -0.2) is 5.97 Å². The van der Waals surface area contributed by atoms with E-state index in [-0.39, 0.29) is 11.7 Å². The fourth-order valence-electron chi connectivity index (χ4n) is 6.05. The average Bonchev–Trinajstić information content (AvgIpc) is 2.85. The van der Waals surface area contributed by atoms with Gasteiger partial charge in [0.15, 0.2) is 0 Å². The van der Waals surface area contributed by atoms with Crippen molar-refractivity contribution in [1.82, 2.24) is 0 Å². The molecule has 2 aliphatic rings. The zero-order chi connectivity index (χ0) is 24.1. The molecular weight excluding hydrogens is 432 g/mol. The summed E-state index contributed by atoms with van der Waals surface area (Å²) in [6.45, 7) is 2.34. The number of esters is 1. The molecule has 1 atom stereocenters. The van der Waals surface area contributed by atoms with Gasteiger partial charge >= 0.3 is 5.97 Å². The molecule has 2 fully saturated rings. The molecule has 0 bridgehead atoms. The van der Waals surface area contributed by atoms with Crippen molar-refractivity contribution in [3.8, 4) is 11.8 Å². The minimum atomic E-state index is -1.01. The third kappa shape index (κ3) is 5.84. The van der Waals surface area contributed by atoms with Crippen LogP contribution in [0.2, 0.25) is 0 Å². The van der Waals surface area contributed by atoms with Gasteiger partial charge in [0.1, 0.15) is 29.0 Å². The van der Waals surface area contributed by atoms with Gasteiger partial charge in [-0.05, 0) is 74.2 Å². The quantitative estimate of drug-likeness (QED) is 0.327. The first-order valence-electron chi connectivity index (χ1n) is 12.6. The predicted molar refractivity (Wildman–Crippen MR) is 127 cm³/mol. The van der Waals surface area contributed by atoms with Gasteiger partial charge in [0, 0.05) is 12.1 Å². The normalized spacial score (nSPS) is 25.8. The van der Waals surface area contributed by atoms with E-state index in [1.807, 2.05) is 0 Å². The van der Waals surface area contributed by atoms with Gasteiger partial charge in [0.05, 0.1) is 5.92 Å². The van der Waals surface area contributed by atoms with Crippen LogP contribution in [0, 0.1) is 46.6 Å². The van der Waals surface area contributed by atoms with E-state index >= 15 is 0 Å². The second-order valence-corrected chi connectivity index (χ2v) is 10.2. The van der Waals surface area contributed by atoms with Crippen molar-refractivity contribution >= 4 is 5.97 Å². The molecule has 0 saturated heterocycles. The van der Waals surface area contributed by atoms with Crippen LogP contribution in [0.1, 0.15) is 81.8 Å². The number of carbonyl (C=O) groups is 1. The zero-order valence-electron chi connectivity index (χ0n) is 19.8. The van der Waals surface area contributed by atoms with Crippen molar-refractivity contribution < 1.29 is 18.3 Å². The molecule has 4 rings (SSSR count). The predicted octanol–water partition coefficient (Wildman–Crippen LogP) is 7.55. The Morgan fingerprint density at radius 3 is 2.09 bits per heavy atom. The maximum Gasteiger partial charge on any atom is 0.314 e.